The Morgan fingerprint density at radius 2 is 2.00 bits per heavy atom. The lowest BCUT2D eigenvalue weighted by molar-refractivity contribution is -0.274. The maximum absolute atomic E-state index is 12.0. The van der Waals surface area contributed by atoms with Gasteiger partial charge in [0.2, 0.25) is 0 Å². The predicted octanol–water partition coefficient (Wildman–Crippen LogP) is 2.10. The van der Waals surface area contributed by atoms with Crippen molar-refractivity contribution in [1.82, 2.24) is 15.1 Å². The van der Waals surface area contributed by atoms with Crippen molar-refractivity contribution in [1.29, 1.82) is 0 Å². The summed E-state index contributed by atoms with van der Waals surface area (Å²) in [7, 11) is 0. The number of hydrogen-bond donors (Lipinski definition) is 2. The van der Waals surface area contributed by atoms with Gasteiger partial charge in [0.05, 0.1) is 12.6 Å². The highest BCUT2D eigenvalue weighted by atomic mass is 19.4. The first-order chi connectivity index (χ1) is 10.4. The van der Waals surface area contributed by atoms with E-state index in [2.05, 4.69) is 15.2 Å². The van der Waals surface area contributed by atoms with E-state index in [1.54, 1.807) is 10.9 Å². The molecular formula is C14H16F3N3O2. The van der Waals surface area contributed by atoms with Crippen molar-refractivity contribution in [3.05, 3.63) is 48.3 Å². The van der Waals surface area contributed by atoms with Gasteiger partial charge in [-0.3, -0.25) is 4.68 Å². The average molecular weight is 315 g/mol. The maximum Gasteiger partial charge on any atom is 0.573 e. The monoisotopic (exact) mass is 315 g/mol. The van der Waals surface area contributed by atoms with Crippen LogP contribution in [-0.2, 0) is 6.54 Å². The lowest BCUT2D eigenvalue weighted by atomic mass is 10.1. The van der Waals surface area contributed by atoms with Crippen molar-refractivity contribution in [2.75, 3.05) is 13.1 Å². The number of nitrogens with one attached hydrogen (secondary N) is 1. The highest BCUT2D eigenvalue weighted by molar-refractivity contribution is 5.28. The van der Waals surface area contributed by atoms with Crippen LogP contribution in [0.1, 0.15) is 11.7 Å². The number of nitrogens with zero attached hydrogens (tertiary/aromatic N) is 2. The molecule has 0 amide bonds. The van der Waals surface area contributed by atoms with Gasteiger partial charge in [-0.25, -0.2) is 0 Å². The number of alkyl halides is 3. The Bertz CT molecular complexity index is 556. The second-order valence-corrected chi connectivity index (χ2v) is 4.61. The highest BCUT2D eigenvalue weighted by Gasteiger charge is 2.31. The molecule has 1 aromatic carbocycles. The van der Waals surface area contributed by atoms with E-state index < -0.39 is 12.5 Å². The number of benzene rings is 1. The van der Waals surface area contributed by atoms with Crippen LogP contribution in [0.2, 0.25) is 0 Å². The summed E-state index contributed by atoms with van der Waals surface area (Å²) >= 11 is 0. The minimum Gasteiger partial charge on any atom is -0.406 e. The summed E-state index contributed by atoms with van der Waals surface area (Å²) in [4.78, 5) is 0. The van der Waals surface area contributed by atoms with Gasteiger partial charge in [0.25, 0.3) is 0 Å². The molecule has 0 radical (unpaired) electrons. The van der Waals surface area contributed by atoms with E-state index >= 15 is 0 Å². The first-order valence-electron chi connectivity index (χ1n) is 6.66. The molecule has 2 aromatic rings. The first-order valence-corrected chi connectivity index (χ1v) is 6.66. The van der Waals surface area contributed by atoms with Crippen LogP contribution in [0.15, 0.2) is 42.7 Å². The van der Waals surface area contributed by atoms with Crippen molar-refractivity contribution >= 4 is 0 Å². The minimum absolute atomic E-state index is 0.292. The number of aliphatic hydroxyl groups is 1. The topological polar surface area (TPSA) is 59.3 Å². The second kappa shape index (κ2) is 7.28. The first kappa shape index (κ1) is 16.3. The Kier molecular flexibility index (Phi) is 5.40. The zero-order chi connectivity index (χ0) is 16.0. The molecule has 1 atom stereocenters. The maximum atomic E-state index is 12.0. The summed E-state index contributed by atoms with van der Waals surface area (Å²) in [6.07, 6.45) is -2.01. The molecule has 5 nitrogen and oxygen atoms in total. The Labute approximate surface area is 125 Å². The number of rotatable bonds is 7. The van der Waals surface area contributed by atoms with Crippen LogP contribution in [0.25, 0.3) is 0 Å². The number of aliphatic hydroxyl groups excluding tert-OH is 1. The largest absolute Gasteiger partial charge is 0.573 e. The van der Waals surface area contributed by atoms with Gasteiger partial charge in [0, 0.05) is 25.5 Å². The predicted molar refractivity (Wildman–Crippen MR) is 73.2 cm³/mol. The molecular weight excluding hydrogens is 299 g/mol. The van der Waals surface area contributed by atoms with Crippen molar-refractivity contribution in [2.24, 2.45) is 0 Å². The van der Waals surface area contributed by atoms with Gasteiger partial charge >= 0.3 is 6.36 Å². The normalized spacial score (nSPS) is 13.1. The van der Waals surface area contributed by atoms with Crippen molar-refractivity contribution in [3.63, 3.8) is 0 Å². The average Bonchev–Trinajstić information content (AvgIpc) is 2.95. The third-order valence-corrected chi connectivity index (χ3v) is 2.91. The van der Waals surface area contributed by atoms with Gasteiger partial charge < -0.3 is 15.2 Å². The lowest BCUT2D eigenvalue weighted by Crippen LogP contribution is -2.25. The molecule has 0 bridgehead atoms. The molecule has 22 heavy (non-hydrogen) atoms. The molecule has 0 fully saturated rings. The van der Waals surface area contributed by atoms with Crippen molar-refractivity contribution in [3.8, 4) is 5.75 Å². The number of halogens is 3. The van der Waals surface area contributed by atoms with Gasteiger partial charge in [-0.1, -0.05) is 12.1 Å². The summed E-state index contributed by atoms with van der Waals surface area (Å²) in [5.41, 5.74) is 0.515. The molecule has 2 N–H and O–H groups in total. The Balaban J connectivity index is 1.76. The lowest BCUT2D eigenvalue weighted by Gasteiger charge is -2.14. The van der Waals surface area contributed by atoms with Gasteiger partial charge in [0.1, 0.15) is 5.75 Å². The molecule has 0 spiro atoms. The summed E-state index contributed by atoms with van der Waals surface area (Å²) in [6, 6.07) is 6.98. The fraction of sp³-hybridized carbons (Fsp3) is 0.357. The third-order valence-electron chi connectivity index (χ3n) is 2.91. The quantitative estimate of drug-likeness (QED) is 0.768. The van der Waals surface area contributed by atoms with Crippen molar-refractivity contribution in [2.45, 2.75) is 19.0 Å². The summed E-state index contributed by atoms with van der Waals surface area (Å²) in [5, 5.41) is 17.0. The van der Waals surface area contributed by atoms with Crippen molar-refractivity contribution < 1.29 is 23.0 Å². The Hall–Kier alpha value is -2.06. The van der Waals surface area contributed by atoms with Gasteiger partial charge in [-0.15, -0.1) is 13.2 Å². The Morgan fingerprint density at radius 1 is 1.27 bits per heavy atom. The van der Waals surface area contributed by atoms with Gasteiger partial charge in [-0.2, -0.15) is 5.10 Å². The molecule has 0 aliphatic carbocycles. The third kappa shape index (κ3) is 5.38. The van der Waals surface area contributed by atoms with Crippen LogP contribution >= 0.6 is 0 Å². The molecule has 8 heteroatoms. The summed E-state index contributed by atoms with van der Waals surface area (Å²) in [6.45, 7) is 1.58. The molecule has 1 aromatic heterocycles. The summed E-state index contributed by atoms with van der Waals surface area (Å²) in [5.74, 6) is -0.310. The summed E-state index contributed by atoms with van der Waals surface area (Å²) < 4.78 is 41.6. The van der Waals surface area contributed by atoms with E-state index in [1.165, 1.54) is 24.3 Å². The molecule has 0 saturated heterocycles. The Morgan fingerprint density at radius 3 is 2.59 bits per heavy atom. The smallest absolute Gasteiger partial charge is 0.406 e. The minimum atomic E-state index is -4.71. The zero-order valence-electron chi connectivity index (χ0n) is 11.6. The van der Waals surface area contributed by atoms with Crippen LogP contribution in [0, 0.1) is 0 Å². The number of hydrogen-bond acceptors (Lipinski definition) is 4. The highest BCUT2D eigenvalue weighted by Crippen LogP contribution is 2.24. The van der Waals surface area contributed by atoms with E-state index in [4.69, 9.17) is 0 Å². The SMILES string of the molecule is O[C@H](CNCCn1cccn1)c1ccc(OC(F)(F)F)cc1. The molecule has 0 saturated carbocycles. The second-order valence-electron chi connectivity index (χ2n) is 4.61. The fourth-order valence-corrected chi connectivity index (χ4v) is 1.87. The van der Waals surface area contributed by atoms with Gasteiger partial charge in [0.15, 0.2) is 0 Å². The van der Waals surface area contributed by atoms with Gasteiger partial charge in [-0.05, 0) is 23.8 Å². The molecule has 120 valence electrons. The van der Waals surface area contributed by atoms with E-state index in [1.807, 2.05) is 12.3 Å². The van der Waals surface area contributed by atoms with Crippen LogP contribution in [-0.4, -0.2) is 34.3 Å². The number of aromatic nitrogens is 2. The van der Waals surface area contributed by atoms with E-state index in [9.17, 15) is 18.3 Å². The molecule has 0 unspecified atom stereocenters. The van der Waals surface area contributed by atoms with Crippen LogP contribution < -0.4 is 10.1 Å². The van der Waals surface area contributed by atoms with E-state index in [0.29, 0.717) is 25.2 Å². The van der Waals surface area contributed by atoms with E-state index in [-0.39, 0.29) is 5.75 Å². The van der Waals surface area contributed by atoms with Crippen LogP contribution in [0.4, 0.5) is 13.2 Å². The van der Waals surface area contributed by atoms with Crippen LogP contribution in [0.3, 0.4) is 0 Å². The molecule has 0 aliphatic rings. The fourth-order valence-electron chi connectivity index (χ4n) is 1.87. The standard InChI is InChI=1S/C14H16F3N3O2/c15-14(16,17)22-12-4-2-11(3-5-12)13(21)10-18-7-9-20-8-1-6-19-20/h1-6,8,13,18,21H,7,9-10H2/t13-/m1/s1. The molecule has 0 aliphatic heterocycles. The van der Waals surface area contributed by atoms with E-state index in [0.717, 1.165) is 0 Å². The molecule has 2 rings (SSSR count). The zero-order valence-corrected chi connectivity index (χ0v) is 11.6. The number of ether oxygens (including phenoxy) is 1. The molecule has 1 heterocycles. The van der Waals surface area contributed by atoms with Crippen LogP contribution in [0.5, 0.6) is 5.75 Å².